The zero-order valence-electron chi connectivity index (χ0n) is 16.9. The molecule has 0 unspecified atom stereocenters. The Morgan fingerprint density at radius 3 is 2.59 bits per heavy atom. The van der Waals surface area contributed by atoms with Crippen molar-refractivity contribution in [2.75, 3.05) is 29.4 Å². The van der Waals surface area contributed by atoms with Crippen LogP contribution in [0.15, 0.2) is 65.6 Å². The summed E-state index contributed by atoms with van der Waals surface area (Å²) in [6.07, 6.45) is 0.622. The number of hydrogen-bond donors (Lipinski definition) is 1. The highest BCUT2D eigenvalue weighted by atomic mass is 35.5. The second-order valence-electron chi connectivity index (χ2n) is 7.41. The summed E-state index contributed by atoms with van der Waals surface area (Å²) in [5.41, 5.74) is 2.27. The Bertz CT molecular complexity index is 1330. The van der Waals surface area contributed by atoms with Crippen LogP contribution in [0.4, 0.5) is 11.4 Å². The number of nitrogens with one attached hydrogen (secondary N) is 1. The topological polar surface area (TPSA) is 84.9 Å². The van der Waals surface area contributed by atoms with Gasteiger partial charge in [-0.15, -0.1) is 0 Å². The number of para-hydroxylation sites is 1. The lowest BCUT2D eigenvalue weighted by atomic mass is 10.2. The van der Waals surface area contributed by atoms with E-state index < -0.39 is 15.9 Å². The predicted octanol–water partition coefficient (Wildman–Crippen LogP) is 4.11. The van der Waals surface area contributed by atoms with Crippen molar-refractivity contribution in [1.29, 1.82) is 0 Å². The maximum absolute atomic E-state index is 13.4. The van der Waals surface area contributed by atoms with Crippen LogP contribution in [0, 0.1) is 0 Å². The highest BCUT2D eigenvalue weighted by Crippen LogP contribution is 2.36. The van der Waals surface area contributed by atoms with Gasteiger partial charge in [0.2, 0.25) is 0 Å². The van der Waals surface area contributed by atoms with Gasteiger partial charge in [-0.3, -0.25) is 9.10 Å². The minimum atomic E-state index is -3.94. The van der Waals surface area contributed by atoms with Gasteiger partial charge in [0, 0.05) is 23.9 Å². The molecule has 9 heteroatoms. The fraction of sp³-hybridized carbons (Fsp3) is 0.174. The summed E-state index contributed by atoms with van der Waals surface area (Å²) in [7, 11) is -3.94. The average Bonchev–Trinajstić information content (AvgIpc) is 3.24. The van der Waals surface area contributed by atoms with Crippen LogP contribution in [0.2, 0.25) is 5.02 Å². The molecule has 0 saturated heterocycles. The minimum Gasteiger partial charge on any atom is -0.486 e. The van der Waals surface area contributed by atoms with Gasteiger partial charge < -0.3 is 14.8 Å². The van der Waals surface area contributed by atoms with Gasteiger partial charge in [-0.2, -0.15) is 0 Å². The summed E-state index contributed by atoms with van der Waals surface area (Å²) in [4.78, 5) is 12.8. The number of carbonyl (C=O) groups excluding carboxylic acids is 1. The number of rotatable bonds is 4. The van der Waals surface area contributed by atoms with Crippen LogP contribution >= 0.6 is 11.6 Å². The van der Waals surface area contributed by atoms with Crippen molar-refractivity contribution in [2.24, 2.45) is 0 Å². The zero-order chi connectivity index (χ0) is 22.3. The normalized spacial score (nSPS) is 14.7. The van der Waals surface area contributed by atoms with Gasteiger partial charge >= 0.3 is 0 Å². The molecule has 3 aromatic rings. The molecular weight excluding hydrogens is 452 g/mol. The van der Waals surface area contributed by atoms with Crippen molar-refractivity contribution < 1.29 is 22.7 Å². The van der Waals surface area contributed by atoms with E-state index >= 15 is 0 Å². The third-order valence-electron chi connectivity index (χ3n) is 5.41. The number of nitrogens with zero attached hydrogens (tertiary/aromatic N) is 1. The van der Waals surface area contributed by atoms with E-state index in [1.54, 1.807) is 30.3 Å². The maximum Gasteiger partial charge on any atom is 0.265 e. The van der Waals surface area contributed by atoms with E-state index in [1.807, 2.05) is 12.1 Å². The van der Waals surface area contributed by atoms with Crippen LogP contribution in [0.3, 0.4) is 0 Å². The highest BCUT2D eigenvalue weighted by molar-refractivity contribution is 7.93. The Kier molecular flexibility index (Phi) is 5.19. The van der Waals surface area contributed by atoms with Gasteiger partial charge in [0.1, 0.15) is 18.1 Å². The van der Waals surface area contributed by atoms with Gasteiger partial charge in [0.05, 0.1) is 10.7 Å². The Morgan fingerprint density at radius 1 is 0.969 bits per heavy atom. The van der Waals surface area contributed by atoms with Crippen molar-refractivity contribution in [2.45, 2.75) is 11.3 Å². The molecule has 3 aromatic carbocycles. The number of carbonyl (C=O) groups is 1. The Balaban J connectivity index is 1.43. The molecule has 0 spiro atoms. The van der Waals surface area contributed by atoms with Crippen LogP contribution in [0.1, 0.15) is 15.9 Å². The number of fused-ring (bicyclic) bond motifs is 2. The fourth-order valence-electron chi connectivity index (χ4n) is 3.84. The third-order valence-corrected chi connectivity index (χ3v) is 7.70. The first-order chi connectivity index (χ1) is 15.4. The molecule has 1 N–H and O–H groups in total. The standard InChI is InChI=1S/C23H19ClN2O5S/c24-18-7-5-16(23(27)25-17-6-8-20-21(14-17)31-12-11-30-20)13-22(18)32(28,29)26-10-9-15-3-1-2-4-19(15)26/h1-8,13-14H,9-12H2,(H,25,27). The monoisotopic (exact) mass is 470 g/mol. The maximum atomic E-state index is 13.4. The molecule has 2 aliphatic heterocycles. The van der Waals surface area contributed by atoms with Gasteiger partial charge in [-0.1, -0.05) is 29.8 Å². The van der Waals surface area contributed by atoms with E-state index in [9.17, 15) is 13.2 Å². The van der Waals surface area contributed by atoms with Crippen LogP contribution in [-0.2, 0) is 16.4 Å². The number of amides is 1. The number of halogens is 1. The van der Waals surface area contributed by atoms with Crippen molar-refractivity contribution in [3.63, 3.8) is 0 Å². The lowest BCUT2D eigenvalue weighted by molar-refractivity contribution is 0.102. The molecule has 0 aromatic heterocycles. The Morgan fingerprint density at radius 2 is 1.75 bits per heavy atom. The van der Waals surface area contributed by atoms with Crippen LogP contribution in [0.5, 0.6) is 11.5 Å². The van der Waals surface area contributed by atoms with Crippen molar-refractivity contribution >= 4 is 38.9 Å². The van der Waals surface area contributed by atoms with Gasteiger partial charge in [0.15, 0.2) is 11.5 Å². The van der Waals surface area contributed by atoms with E-state index in [0.717, 1.165) is 5.56 Å². The fourth-order valence-corrected chi connectivity index (χ4v) is 5.85. The highest BCUT2D eigenvalue weighted by Gasteiger charge is 2.32. The molecule has 32 heavy (non-hydrogen) atoms. The first-order valence-electron chi connectivity index (χ1n) is 10.0. The number of hydrogen-bond acceptors (Lipinski definition) is 5. The molecule has 7 nitrogen and oxygen atoms in total. The minimum absolute atomic E-state index is 0.0604. The van der Waals surface area contributed by atoms with Crippen LogP contribution in [0.25, 0.3) is 0 Å². The molecule has 5 rings (SSSR count). The SMILES string of the molecule is O=C(Nc1ccc2c(c1)OCCO2)c1ccc(Cl)c(S(=O)(=O)N2CCc3ccccc32)c1. The summed E-state index contributed by atoms with van der Waals surface area (Å²) in [6.45, 7) is 1.23. The number of anilines is 2. The number of sulfonamides is 1. The van der Waals surface area contributed by atoms with Gasteiger partial charge in [-0.25, -0.2) is 8.42 Å². The quantitative estimate of drug-likeness (QED) is 0.620. The molecule has 0 atom stereocenters. The van der Waals surface area contributed by atoms with Gasteiger partial charge in [0.25, 0.3) is 15.9 Å². The smallest absolute Gasteiger partial charge is 0.265 e. The van der Waals surface area contributed by atoms with Crippen LogP contribution in [-0.4, -0.2) is 34.1 Å². The molecule has 0 saturated carbocycles. The summed E-state index contributed by atoms with van der Waals surface area (Å²) in [6, 6.07) is 16.7. The number of benzene rings is 3. The molecule has 164 valence electrons. The van der Waals surface area contributed by atoms with E-state index in [4.69, 9.17) is 21.1 Å². The molecule has 2 heterocycles. The first kappa shape index (κ1) is 20.7. The Hall–Kier alpha value is -3.23. The average molecular weight is 471 g/mol. The third kappa shape index (κ3) is 3.65. The second-order valence-corrected chi connectivity index (χ2v) is 9.65. The molecule has 0 aliphatic carbocycles. The summed E-state index contributed by atoms with van der Waals surface area (Å²) in [5.74, 6) is 0.692. The number of ether oxygens (including phenoxy) is 2. The Labute approximate surface area is 190 Å². The van der Waals surface area contributed by atoms with E-state index in [2.05, 4.69) is 5.32 Å². The first-order valence-corrected chi connectivity index (χ1v) is 11.9. The largest absolute Gasteiger partial charge is 0.486 e. The lowest BCUT2D eigenvalue weighted by Gasteiger charge is -2.21. The summed E-state index contributed by atoms with van der Waals surface area (Å²) in [5, 5.41) is 2.83. The van der Waals surface area contributed by atoms with Crippen molar-refractivity contribution in [1.82, 2.24) is 0 Å². The summed E-state index contributed by atoms with van der Waals surface area (Å²) < 4.78 is 39.1. The molecule has 0 radical (unpaired) electrons. The molecular formula is C23H19ClN2O5S. The predicted molar refractivity (Wildman–Crippen MR) is 122 cm³/mol. The van der Waals surface area contributed by atoms with Gasteiger partial charge in [-0.05, 0) is 48.4 Å². The van der Waals surface area contributed by atoms with E-state index in [1.165, 1.54) is 22.5 Å². The molecule has 1 amide bonds. The van der Waals surface area contributed by atoms with E-state index in [-0.39, 0.29) is 15.5 Å². The molecule has 2 aliphatic rings. The van der Waals surface area contributed by atoms with Crippen molar-refractivity contribution in [3.05, 3.63) is 76.8 Å². The van der Waals surface area contributed by atoms with Crippen molar-refractivity contribution in [3.8, 4) is 11.5 Å². The molecule has 0 bridgehead atoms. The zero-order valence-corrected chi connectivity index (χ0v) is 18.4. The lowest BCUT2D eigenvalue weighted by Crippen LogP contribution is -2.29. The second kappa shape index (κ2) is 8.03. The van der Waals surface area contributed by atoms with E-state index in [0.29, 0.717) is 49.1 Å². The molecule has 0 fully saturated rings. The van der Waals surface area contributed by atoms with Crippen LogP contribution < -0.4 is 19.1 Å². The summed E-state index contributed by atoms with van der Waals surface area (Å²) >= 11 is 6.26.